The topological polar surface area (TPSA) is 94.1 Å². The number of hydrogen-bond acceptors (Lipinski definition) is 5. The van der Waals surface area contributed by atoms with Gasteiger partial charge in [-0.25, -0.2) is 0 Å². The maximum Gasteiger partial charge on any atom is 0.303 e. The maximum absolute atomic E-state index is 11.0. The second kappa shape index (κ2) is 9.81. The molecule has 1 aliphatic carbocycles. The summed E-state index contributed by atoms with van der Waals surface area (Å²) in [6.07, 6.45) is 11.7. The Hall–Kier alpha value is -3.09. The zero-order valence-corrected chi connectivity index (χ0v) is 19.0. The lowest BCUT2D eigenvalue weighted by Crippen LogP contribution is -2.41. The van der Waals surface area contributed by atoms with Crippen LogP contribution in [0, 0.1) is 17.8 Å². The molecule has 174 valence electrons. The molecule has 2 aromatic rings. The highest BCUT2D eigenvalue weighted by atomic mass is 16.4. The van der Waals surface area contributed by atoms with Gasteiger partial charge < -0.3 is 20.3 Å². The third kappa shape index (κ3) is 5.13. The lowest BCUT2D eigenvalue weighted by atomic mass is 9.72. The molecule has 7 heteroatoms. The Balaban J connectivity index is 1.13. The summed E-state index contributed by atoms with van der Waals surface area (Å²) >= 11 is 0. The van der Waals surface area contributed by atoms with Gasteiger partial charge in [0, 0.05) is 37.2 Å². The molecule has 33 heavy (non-hydrogen) atoms. The van der Waals surface area contributed by atoms with Crippen molar-refractivity contribution in [1.29, 1.82) is 0 Å². The number of likely N-dealkylation sites (tertiary alicyclic amines) is 1. The molecule has 0 atom stereocenters. The van der Waals surface area contributed by atoms with Crippen molar-refractivity contribution < 1.29 is 9.90 Å². The van der Waals surface area contributed by atoms with Crippen molar-refractivity contribution in [3.8, 4) is 11.4 Å². The highest BCUT2D eigenvalue weighted by molar-refractivity contribution is 5.67. The molecule has 0 radical (unpaired) electrons. The standard InChI is InChI=1S/C26H33N5O2/c32-24(33)16-18-6-8-19(9-7-18)20-12-14-31(15-13-20)23-11-10-22(17-27-23)26-28-25(29-30-26)21-4-2-1-3-5-21/h1-5,10-11,18-20,27H,6-9,12-17H2,(H,32,33)(H,28,29,30)/t18-,19+. The number of nitrogens with one attached hydrogen (secondary N) is 2. The number of carboxylic acids is 1. The molecule has 5 rings (SSSR count). The zero-order valence-electron chi connectivity index (χ0n) is 19.0. The van der Waals surface area contributed by atoms with Crippen molar-refractivity contribution in [2.75, 3.05) is 19.6 Å². The highest BCUT2D eigenvalue weighted by Gasteiger charge is 2.31. The molecule has 0 unspecified atom stereocenters. The summed E-state index contributed by atoms with van der Waals surface area (Å²) in [5.41, 5.74) is 2.15. The predicted octanol–water partition coefficient (Wildman–Crippen LogP) is 4.29. The van der Waals surface area contributed by atoms with Gasteiger partial charge in [-0.2, -0.15) is 0 Å². The summed E-state index contributed by atoms with van der Waals surface area (Å²) in [5.74, 6) is 4.12. The average molecular weight is 448 g/mol. The number of aromatic nitrogens is 3. The van der Waals surface area contributed by atoms with E-state index in [9.17, 15) is 4.79 Å². The van der Waals surface area contributed by atoms with Crippen LogP contribution in [0.4, 0.5) is 0 Å². The first-order valence-corrected chi connectivity index (χ1v) is 12.3. The molecule has 0 spiro atoms. The number of carbonyl (C=O) groups is 1. The van der Waals surface area contributed by atoms with Crippen LogP contribution in [0.5, 0.6) is 0 Å². The van der Waals surface area contributed by atoms with Crippen LogP contribution in [-0.2, 0) is 4.79 Å². The van der Waals surface area contributed by atoms with Crippen molar-refractivity contribution in [2.45, 2.75) is 44.9 Å². The molecule has 1 saturated carbocycles. The monoisotopic (exact) mass is 447 g/mol. The van der Waals surface area contributed by atoms with Crippen LogP contribution in [0.3, 0.4) is 0 Å². The predicted molar refractivity (Wildman–Crippen MR) is 128 cm³/mol. The molecular weight excluding hydrogens is 414 g/mol. The maximum atomic E-state index is 11.0. The number of aromatic amines is 1. The Morgan fingerprint density at radius 1 is 0.939 bits per heavy atom. The Bertz CT molecular complexity index is 1010. The van der Waals surface area contributed by atoms with Gasteiger partial charge in [-0.05, 0) is 68.4 Å². The highest BCUT2D eigenvalue weighted by Crippen LogP contribution is 2.39. The lowest BCUT2D eigenvalue weighted by Gasteiger charge is -2.41. The molecule has 1 aromatic heterocycles. The van der Waals surface area contributed by atoms with E-state index in [0.717, 1.165) is 67.1 Å². The van der Waals surface area contributed by atoms with Crippen molar-refractivity contribution in [3.05, 3.63) is 54.1 Å². The van der Waals surface area contributed by atoms with Crippen molar-refractivity contribution in [3.63, 3.8) is 0 Å². The van der Waals surface area contributed by atoms with Gasteiger partial charge in [0.25, 0.3) is 0 Å². The number of piperidine rings is 1. The number of benzene rings is 1. The SMILES string of the molecule is O=C(O)C[C@H]1CC[C@@H](C2CCN(C3=CC=C(c4nnc(-c5ccccc5)[nH]4)CN3)CC2)CC1. The normalized spacial score (nSPS) is 24.1. The van der Waals surface area contributed by atoms with Gasteiger partial charge in [-0.3, -0.25) is 4.79 Å². The van der Waals surface area contributed by atoms with E-state index in [1.807, 2.05) is 30.3 Å². The zero-order chi connectivity index (χ0) is 22.6. The van der Waals surface area contributed by atoms with Gasteiger partial charge in [-0.1, -0.05) is 30.3 Å². The largest absolute Gasteiger partial charge is 0.481 e. The number of carboxylic acid groups (broad SMARTS) is 1. The third-order valence-electron chi connectivity index (χ3n) is 7.64. The number of aliphatic carboxylic acids is 1. The van der Waals surface area contributed by atoms with E-state index < -0.39 is 5.97 Å². The number of dihydropyridines is 1. The summed E-state index contributed by atoms with van der Waals surface area (Å²) < 4.78 is 0. The smallest absolute Gasteiger partial charge is 0.303 e. The molecule has 0 amide bonds. The van der Waals surface area contributed by atoms with E-state index in [1.54, 1.807) is 0 Å². The molecule has 7 nitrogen and oxygen atoms in total. The van der Waals surface area contributed by atoms with Gasteiger partial charge in [-0.15, -0.1) is 10.2 Å². The van der Waals surface area contributed by atoms with Crippen LogP contribution in [0.15, 0.2) is 48.3 Å². The first-order valence-electron chi connectivity index (χ1n) is 12.3. The summed E-state index contributed by atoms with van der Waals surface area (Å²) in [7, 11) is 0. The van der Waals surface area contributed by atoms with Crippen molar-refractivity contribution >= 4 is 11.5 Å². The number of nitrogens with zero attached hydrogens (tertiary/aromatic N) is 3. The summed E-state index contributed by atoms with van der Waals surface area (Å²) in [6.45, 7) is 2.91. The van der Waals surface area contributed by atoms with Gasteiger partial charge >= 0.3 is 5.97 Å². The third-order valence-corrected chi connectivity index (χ3v) is 7.64. The Kier molecular flexibility index (Phi) is 6.46. The molecule has 3 N–H and O–H groups in total. The molecule has 0 bridgehead atoms. The first kappa shape index (κ1) is 21.7. The molecule has 1 saturated heterocycles. The Labute approximate surface area is 195 Å². The number of rotatable bonds is 6. The minimum absolute atomic E-state index is 0.349. The second-order valence-electron chi connectivity index (χ2n) is 9.69. The summed E-state index contributed by atoms with van der Waals surface area (Å²) in [4.78, 5) is 16.8. The second-order valence-corrected chi connectivity index (χ2v) is 9.69. The number of hydrogen-bond donors (Lipinski definition) is 3. The number of H-pyrrole nitrogens is 1. The first-order chi connectivity index (χ1) is 16.2. The van der Waals surface area contributed by atoms with Gasteiger partial charge in [0.05, 0.1) is 0 Å². The molecule has 2 fully saturated rings. The van der Waals surface area contributed by atoms with Crippen LogP contribution < -0.4 is 5.32 Å². The summed E-state index contributed by atoms with van der Waals surface area (Å²) in [5, 5.41) is 21.3. The van der Waals surface area contributed by atoms with Crippen LogP contribution in [0.1, 0.15) is 50.8 Å². The van der Waals surface area contributed by atoms with Crippen molar-refractivity contribution in [2.24, 2.45) is 17.8 Å². The Morgan fingerprint density at radius 3 is 2.30 bits per heavy atom. The van der Waals surface area contributed by atoms with E-state index in [-0.39, 0.29) is 0 Å². The fraction of sp³-hybridized carbons (Fsp3) is 0.500. The van der Waals surface area contributed by atoms with Crippen molar-refractivity contribution in [1.82, 2.24) is 25.4 Å². The van der Waals surface area contributed by atoms with E-state index in [0.29, 0.717) is 12.3 Å². The minimum Gasteiger partial charge on any atom is -0.481 e. The Morgan fingerprint density at radius 2 is 1.64 bits per heavy atom. The van der Waals surface area contributed by atoms with E-state index >= 15 is 0 Å². The van der Waals surface area contributed by atoms with Gasteiger partial charge in [0.2, 0.25) is 0 Å². The van der Waals surface area contributed by atoms with E-state index in [4.69, 9.17) is 5.11 Å². The fourth-order valence-electron chi connectivity index (χ4n) is 5.72. The lowest BCUT2D eigenvalue weighted by molar-refractivity contribution is -0.138. The van der Waals surface area contributed by atoms with Crippen LogP contribution >= 0.6 is 0 Å². The number of allylic oxidation sites excluding steroid dienone is 2. The average Bonchev–Trinajstić information content (AvgIpc) is 3.36. The fourth-order valence-corrected chi connectivity index (χ4v) is 5.72. The van der Waals surface area contributed by atoms with E-state index in [1.165, 1.54) is 31.5 Å². The van der Waals surface area contributed by atoms with Crippen LogP contribution in [-0.4, -0.2) is 50.8 Å². The van der Waals surface area contributed by atoms with E-state index in [2.05, 4.69) is 37.6 Å². The van der Waals surface area contributed by atoms with Gasteiger partial charge in [0.15, 0.2) is 11.6 Å². The molecule has 1 aromatic carbocycles. The van der Waals surface area contributed by atoms with Crippen LogP contribution in [0.25, 0.3) is 17.0 Å². The molecule has 3 heterocycles. The minimum atomic E-state index is -0.642. The molecular formula is C26H33N5O2. The van der Waals surface area contributed by atoms with Gasteiger partial charge in [0.1, 0.15) is 5.82 Å². The summed E-state index contributed by atoms with van der Waals surface area (Å²) in [6, 6.07) is 10.1. The van der Waals surface area contributed by atoms with Crippen LogP contribution in [0.2, 0.25) is 0 Å². The quantitative estimate of drug-likeness (QED) is 0.612. The molecule has 2 aliphatic heterocycles. The molecule has 3 aliphatic rings.